The van der Waals surface area contributed by atoms with Crippen LogP contribution >= 0.6 is 0 Å². The van der Waals surface area contributed by atoms with Gasteiger partial charge < -0.3 is 5.11 Å². The number of hydrogen-bond donors (Lipinski definition) is 1. The molecule has 1 amide bonds. The molecule has 1 saturated carbocycles. The molecule has 0 aromatic heterocycles. The number of piperidine rings is 1. The molecular formula is C8H9NO2. The Morgan fingerprint density at radius 2 is 2.36 bits per heavy atom. The maximum Gasteiger partial charge on any atom is 0.408 e. The van der Waals surface area contributed by atoms with E-state index >= 15 is 0 Å². The van der Waals surface area contributed by atoms with Gasteiger partial charge in [-0.05, 0) is 18.8 Å². The molecule has 0 aromatic carbocycles. The number of amides is 1. The van der Waals surface area contributed by atoms with Crippen LogP contribution in [0.4, 0.5) is 4.79 Å². The van der Waals surface area contributed by atoms with Crippen LogP contribution in [0.3, 0.4) is 0 Å². The Morgan fingerprint density at radius 3 is 2.82 bits per heavy atom. The van der Waals surface area contributed by atoms with Gasteiger partial charge in [-0.25, -0.2) is 4.79 Å². The van der Waals surface area contributed by atoms with Gasteiger partial charge in [0, 0.05) is 6.04 Å². The van der Waals surface area contributed by atoms with Crippen LogP contribution in [0.5, 0.6) is 0 Å². The molecule has 0 aromatic rings. The minimum absolute atomic E-state index is 0.156. The zero-order chi connectivity index (χ0) is 8.01. The van der Waals surface area contributed by atoms with Crippen molar-refractivity contribution in [2.45, 2.75) is 24.9 Å². The third-order valence-electron chi connectivity index (χ3n) is 2.52. The Kier molecular flexibility index (Phi) is 1.14. The molecule has 58 valence electrons. The SMILES string of the molecule is C#C[C@H]1C[C@@H]2C[C@@H]2N1C(=O)O. The van der Waals surface area contributed by atoms with E-state index in [4.69, 9.17) is 11.5 Å². The van der Waals surface area contributed by atoms with Crippen molar-refractivity contribution in [3.8, 4) is 12.3 Å². The largest absolute Gasteiger partial charge is 0.465 e. The van der Waals surface area contributed by atoms with Gasteiger partial charge in [0.1, 0.15) is 0 Å². The van der Waals surface area contributed by atoms with Gasteiger partial charge in [0.05, 0.1) is 6.04 Å². The van der Waals surface area contributed by atoms with E-state index in [1.165, 1.54) is 4.90 Å². The molecule has 2 fully saturated rings. The lowest BCUT2D eigenvalue weighted by atomic mass is 10.2. The van der Waals surface area contributed by atoms with E-state index in [1.807, 2.05) is 0 Å². The number of fused-ring (bicyclic) bond motifs is 1. The van der Waals surface area contributed by atoms with Crippen LogP contribution in [0.2, 0.25) is 0 Å². The summed E-state index contributed by atoms with van der Waals surface area (Å²) < 4.78 is 0. The van der Waals surface area contributed by atoms with Crippen molar-refractivity contribution in [3.63, 3.8) is 0 Å². The van der Waals surface area contributed by atoms with E-state index in [9.17, 15) is 4.79 Å². The first-order valence-electron chi connectivity index (χ1n) is 3.71. The highest BCUT2D eigenvalue weighted by atomic mass is 16.4. The van der Waals surface area contributed by atoms with Crippen molar-refractivity contribution in [1.29, 1.82) is 0 Å². The third kappa shape index (κ3) is 0.790. The first-order chi connectivity index (χ1) is 5.24. The van der Waals surface area contributed by atoms with E-state index in [2.05, 4.69) is 5.92 Å². The smallest absolute Gasteiger partial charge is 0.408 e. The molecule has 2 aliphatic rings. The number of rotatable bonds is 0. The Morgan fingerprint density at radius 1 is 1.64 bits per heavy atom. The molecule has 1 N–H and O–H groups in total. The molecule has 11 heavy (non-hydrogen) atoms. The fraction of sp³-hybridized carbons (Fsp3) is 0.625. The lowest BCUT2D eigenvalue weighted by Gasteiger charge is -2.19. The van der Waals surface area contributed by atoms with Gasteiger partial charge in [-0.15, -0.1) is 6.42 Å². The quantitative estimate of drug-likeness (QED) is 0.519. The van der Waals surface area contributed by atoms with Gasteiger partial charge in [-0.2, -0.15) is 0 Å². The molecule has 2 rings (SSSR count). The summed E-state index contributed by atoms with van der Waals surface area (Å²) in [5.74, 6) is 3.06. The predicted molar refractivity (Wildman–Crippen MR) is 39.0 cm³/mol. The summed E-state index contributed by atoms with van der Waals surface area (Å²) in [5, 5.41) is 8.74. The van der Waals surface area contributed by atoms with Crippen molar-refractivity contribution in [2.24, 2.45) is 5.92 Å². The normalized spacial score (nSPS) is 39.5. The summed E-state index contributed by atoms with van der Waals surface area (Å²) in [6.45, 7) is 0. The van der Waals surface area contributed by atoms with Crippen molar-refractivity contribution >= 4 is 6.09 Å². The zero-order valence-corrected chi connectivity index (χ0v) is 6.03. The molecule has 0 unspecified atom stereocenters. The minimum Gasteiger partial charge on any atom is -0.465 e. The first kappa shape index (κ1) is 6.53. The second-order valence-corrected chi connectivity index (χ2v) is 3.17. The van der Waals surface area contributed by atoms with Crippen molar-refractivity contribution in [2.75, 3.05) is 0 Å². The van der Waals surface area contributed by atoms with E-state index in [0.717, 1.165) is 12.8 Å². The van der Waals surface area contributed by atoms with Gasteiger partial charge in [-0.1, -0.05) is 5.92 Å². The molecule has 3 nitrogen and oxygen atoms in total. The molecule has 1 aliphatic carbocycles. The summed E-state index contributed by atoms with van der Waals surface area (Å²) in [7, 11) is 0. The fourth-order valence-electron chi connectivity index (χ4n) is 1.88. The van der Waals surface area contributed by atoms with Crippen LogP contribution in [0.1, 0.15) is 12.8 Å². The van der Waals surface area contributed by atoms with Crippen LogP contribution in [0.15, 0.2) is 0 Å². The highest BCUT2D eigenvalue weighted by Crippen LogP contribution is 2.47. The molecule has 1 aliphatic heterocycles. The van der Waals surface area contributed by atoms with Crippen LogP contribution in [0, 0.1) is 18.3 Å². The second-order valence-electron chi connectivity index (χ2n) is 3.17. The highest BCUT2D eigenvalue weighted by molar-refractivity contribution is 5.68. The van der Waals surface area contributed by atoms with Gasteiger partial charge in [0.15, 0.2) is 0 Å². The maximum absolute atomic E-state index is 10.6. The second kappa shape index (κ2) is 1.91. The molecule has 0 spiro atoms. The standard InChI is InChI=1S/C8H9NO2/c1-2-6-3-5-4-7(5)9(6)8(10)11/h1,5-7H,3-4H2,(H,10,11)/t5-,6+,7+/m1/s1. The predicted octanol–water partition coefficient (Wildman–Crippen LogP) is 0.760. The topological polar surface area (TPSA) is 40.5 Å². The van der Waals surface area contributed by atoms with Crippen LogP contribution in [-0.4, -0.2) is 28.2 Å². The lowest BCUT2D eigenvalue weighted by molar-refractivity contribution is 0.140. The summed E-state index contributed by atoms with van der Waals surface area (Å²) >= 11 is 0. The summed E-state index contributed by atoms with van der Waals surface area (Å²) in [5.41, 5.74) is 0. The molecule has 1 saturated heterocycles. The Labute approximate surface area is 65.0 Å². The number of likely N-dealkylation sites (tertiary alicyclic amines) is 1. The van der Waals surface area contributed by atoms with Crippen LogP contribution in [-0.2, 0) is 0 Å². The molecular weight excluding hydrogens is 142 g/mol. The van der Waals surface area contributed by atoms with E-state index in [1.54, 1.807) is 0 Å². The maximum atomic E-state index is 10.6. The van der Waals surface area contributed by atoms with E-state index < -0.39 is 6.09 Å². The zero-order valence-electron chi connectivity index (χ0n) is 6.03. The first-order valence-corrected chi connectivity index (χ1v) is 3.71. The summed E-state index contributed by atoms with van der Waals surface area (Å²) in [4.78, 5) is 12.1. The monoisotopic (exact) mass is 151 g/mol. The Bertz CT molecular complexity index is 243. The summed E-state index contributed by atoms with van der Waals surface area (Å²) in [6, 6.07) is 0.0878. The molecule has 0 bridgehead atoms. The molecule has 0 radical (unpaired) electrons. The average Bonchev–Trinajstić information content (AvgIpc) is 2.61. The third-order valence-corrected chi connectivity index (χ3v) is 2.52. The average molecular weight is 151 g/mol. The Hall–Kier alpha value is -1.17. The Balaban J connectivity index is 2.16. The van der Waals surface area contributed by atoms with Crippen molar-refractivity contribution in [1.82, 2.24) is 4.90 Å². The molecule has 3 atom stereocenters. The number of nitrogens with zero attached hydrogens (tertiary/aromatic N) is 1. The fourth-order valence-corrected chi connectivity index (χ4v) is 1.88. The summed E-state index contributed by atoms with van der Waals surface area (Å²) in [6.07, 6.45) is 6.21. The molecule has 3 heteroatoms. The number of terminal acetylenes is 1. The highest BCUT2D eigenvalue weighted by Gasteiger charge is 2.53. The number of hydrogen-bond acceptors (Lipinski definition) is 1. The van der Waals surface area contributed by atoms with Gasteiger partial charge in [-0.3, -0.25) is 4.90 Å². The minimum atomic E-state index is -0.863. The van der Waals surface area contributed by atoms with Crippen LogP contribution in [0.25, 0.3) is 0 Å². The van der Waals surface area contributed by atoms with Crippen molar-refractivity contribution in [3.05, 3.63) is 0 Å². The number of carboxylic acid groups (broad SMARTS) is 1. The van der Waals surface area contributed by atoms with E-state index in [-0.39, 0.29) is 12.1 Å². The van der Waals surface area contributed by atoms with Gasteiger partial charge in [0.25, 0.3) is 0 Å². The number of carbonyl (C=O) groups is 1. The van der Waals surface area contributed by atoms with Gasteiger partial charge in [0.2, 0.25) is 0 Å². The molecule has 1 heterocycles. The van der Waals surface area contributed by atoms with Crippen molar-refractivity contribution < 1.29 is 9.90 Å². The lowest BCUT2D eigenvalue weighted by Crippen LogP contribution is -2.36. The van der Waals surface area contributed by atoms with Gasteiger partial charge >= 0.3 is 6.09 Å². The van der Waals surface area contributed by atoms with E-state index in [0.29, 0.717) is 5.92 Å². The van der Waals surface area contributed by atoms with Crippen LogP contribution < -0.4 is 0 Å².